The van der Waals surface area contributed by atoms with E-state index in [2.05, 4.69) is 44.3 Å². The minimum absolute atomic E-state index is 0.308. The van der Waals surface area contributed by atoms with Gasteiger partial charge in [-0.25, -0.2) is 4.98 Å². The molecular weight excluding hydrogens is 256 g/mol. The molecule has 0 amide bonds. The van der Waals surface area contributed by atoms with Crippen LogP contribution in [0.3, 0.4) is 0 Å². The number of hydrogen-bond donors (Lipinski definition) is 1. The first kappa shape index (κ1) is 12.3. The van der Waals surface area contributed by atoms with Crippen LogP contribution < -0.4 is 5.32 Å². The summed E-state index contributed by atoms with van der Waals surface area (Å²) in [7, 11) is 0. The maximum absolute atomic E-state index is 4.48. The summed E-state index contributed by atoms with van der Waals surface area (Å²) in [5.74, 6) is 0. The number of nitrogens with zero attached hydrogens (tertiary/aromatic N) is 3. The van der Waals surface area contributed by atoms with Gasteiger partial charge in [-0.3, -0.25) is 4.98 Å². The molecule has 3 rings (SSSR count). The smallest absolute Gasteiger partial charge is 0.0946 e. The lowest BCUT2D eigenvalue weighted by Gasteiger charge is -2.14. The molecular formula is C14H16N4S. The summed E-state index contributed by atoms with van der Waals surface area (Å²) in [6, 6.07) is 4.59. The van der Waals surface area contributed by atoms with Gasteiger partial charge in [-0.15, -0.1) is 11.3 Å². The number of pyridine rings is 1. The molecule has 5 heteroatoms. The van der Waals surface area contributed by atoms with E-state index < -0.39 is 0 Å². The fourth-order valence-electron chi connectivity index (χ4n) is 2.05. The minimum Gasteiger partial charge on any atom is -0.336 e. The molecule has 0 saturated carbocycles. The molecule has 0 radical (unpaired) electrons. The van der Waals surface area contributed by atoms with Gasteiger partial charge in [-0.05, 0) is 30.0 Å². The molecule has 0 spiro atoms. The molecule has 0 saturated heterocycles. The number of thiophene rings is 1. The highest BCUT2D eigenvalue weighted by atomic mass is 32.1. The van der Waals surface area contributed by atoms with E-state index in [4.69, 9.17) is 0 Å². The van der Waals surface area contributed by atoms with Crippen molar-refractivity contribution < 1.29 is 0 Å². The summed E-state index contributed by atoms with van der Waals surface area (Å²) < 4.78 is 3.32. The van der Waals surface area contributed by atoms with Crippen LogP contribution in [0.15, 0.2) is 42.4 Å². The zero-order valence-corrected chi connectivity index (χ0v) is 11.6. The molecule has 1 atom stereocenters. The van der Waals surface area contributed by atoms with Crippen molar-refractivity contribution in [3.05, 3.63) is 48.0 Å². The van der Waals surface area contributed by atoms with Gasteiger partial charge in [0.15, 0.2) is 0 Å². The Hall–Kier alpha value is -1.72. The highest BCUT2D eigenvalue weighted by Gasteiger charge is 2.06. The Morgan fingerprint density at radius 3 is 3.26 bits per heavy atom. The van der Waals surface area contributed by atoms with Crippen LogP contribution in [0.1, 0.15) is 18.5 Å². The van der Waals surface area contributed by atoms with Crippen molar-refractivity contribution in [3.8, 4) is 0 Å². The lowest BCUT2D eigenvalue weighted by molar-refractivity contribution is 0.530. The van der Waals surface area contributed by atoms with E-state index in [1.807, 2.05) is 18.7 Å². The van der Waals surface area contributed by atoms with Gasteiger partial charge < -0.3 is 9.88 Å². The van der Waals surface area contributed by atoms with Crippen molar-refractivity contribution in [2.75, 3.05) is 6.54 Å². The summed E-state index contributed by atoms with van der Waals surface area (Å²) in [6.45, 7) is 4.02. The quantitative estimate of drug-likeness (QED) is 0.776. The van der Waals surface area contributed by atoms with Crippen molar-refractivity contribution in [1.29, 1.82) is 0 Å². The number of rotatable bonds is 5. The van der Waals surface area contributed by atoms with Crippen molar-refractivity contribution in [2.24, 2.45) is 0 Å². The predicted octanol–water partition coefficient (Wildman–Crippen LogP) is 2.84. The molecule has 0 aliphatic carbocycles. The Labute approximate surface area is 116 Å². The Kier molecular flexibility index (Phi) is 3.57. The third-order valence-electron chi connectivity index (χ3n) is 3.20. The van der Waals surface area contributed by atoms with Crippen LogP contribution in [0.2, 0.25) is 0 Å². The van der Waals surface area contributed by atoms with Gasteiger partial charge >= 0.3 is 0 Å². The Morgan fingerprint density at radius 2 is 2.42 bits per heavy atom. The third-order valence-corrected chi connectivity index (χ3v) is 4.06. The first-order chi connectivity index (χ1) is 9.33. The molecule has 0 aliphatic heterocycles. The lowest BCUT2D eigenvalue weighted by atomic mass is 10.1. The largest absolute Gasteiger partial charge is 0.336 e. The maximum atomic E-state index is 4.48. The standard InChI is InChI=1S/C14H16N4S/c1-11(16-4-6-18-5-3-15-10-18)12-8-14-13(17-9-12)2-7-19-14/h2-3,5,7-11,16H,4,6H2,1H3. The second-order valence-electron chi connectivity index (χ2n) is 4.55. The van der Waals surface area contributed by atoms with Crippen LogP contribution in [0.4, 0.5) is 0 Å². The predicted molar refractivity (Wildman–Crippen MR) is 78.3 cm³/mol. The second kappa shape index (κ2) is 5.50. The van der Waals surface area contributed by atoms with Gasteiger partial charge in [0.2, 0.25) is 0 Å². The summed E-state index contributed by atoms with van der Waals surface area (Å²) in [4.78, 5) is 8.51. The molecule has 0 fully saturated rings. The van der Waals surface area contributed by atoms with E-state index in [0.717, 1.165) is 18.6 Å². The van der Waals surface area contributed by atoms with Crippen LogP contribution >= 0.6 is 11.3 Å². The number of imidazole rings is 1. The second-order valence-corrected chi connectivity index (χ2v) is 5.50. The summed E-state index contributed by atoms with van der Waals surface area (Å²) in [5.41, 5.74) is 2.32. The molecule has 98 valence electrons. The molecule has 4 nitrogen and oxygen atoms in total. The number of hydrogen-bond acceptors (Lipinski definition) is 4. The van der Waals surface area contributed by atoms with Crippen LogP contribution in [-0.4, -0.2) is 21.1 Å². The monoisotopic (exact) mass is 272 g/mol. The van der Waals surface area contributed by atoms with E-state index in [0.29, 0.717) is 6.04 Å². The van der Waals surface area contributed by atoms with Crippen molar-refractivity contribution in [2.45, 2.75) is 19.5 Å². The van der Waals surface area contributed by atoms with Gasteiger partial charge in [0.1, 0.15) is 0 Å². The fourth-order valence-corrected chi connectivity index (χ4v) is 2.83. The zero-order chi connectivity index (χ0) is 13.1. The highest BCUT2D eigenvalue weighted by molar-refractivity contribution is 7.17. The maximum Gasteiger partial charge on any atom is 0.0946 e. The van der Waals surface area contributed by atoms with Crippen molar-refractivity contribution in [1.82, 2.24) is 19.9 Å². The molecule has 19 heavy (non-hydrogen) atoms. The number of aromatic nitrogens is 3. The SMILES string of the molecule is CC(NCCn1ccnc1)c1cnc2ccsc2c1. The van der Waals surface area contributed by atoms with E-state index >= 15 is 0 Å². The molecule has 3 heterocycles. The summed E-state index contributed by atoms with van der Waals surface area (Å²) in [6.07, 6.45) is 7.58. The molecule has 3 aromatic rings. The van der Waals surface area contributed by atoms with Crippen molar-refractivity contribution in [3.63, 3.8) is 0 Å². The molecule has 3 aromatic heterocycles. The third kappa shape index (κ3) is 2.83. The molecule has 0 aromatic carbocycles. The Balaban J connectivity index is 1.61. The summed E-state index contributed by atoms with van der Waals surface area (Å²) >= 11 is 1.74. The summed E-state index contributed by atoms with van der Waals surface area (Å²) in [5, 5.41) is 5.59. The molecule has 1 N–H and O–H groups in total. The number of nitrogens with one attached hydrogen (secondary N) is 1. The zero-order valence-electron chi connectivity index (χ0n) is 10.8. The van der Waals surface area contributed by atoms with Crippen LogP contribution in [0.5, 0.6) is 0 Å². The van der Waals surface area contributed by atoms with E-state index in [-0.39, 0.29) is 0 Å². The van der Waals surface area contributed by atoms with E-state index in [9.17, 15) is 0 Å². The first-order valence-corrected chi connectivity index (χ1v) is 7.23. The topological polar surface area (TPSA) is 42.7 Å². The Morgan fingerprint density at radius 1 is 1.47 bits per heavy atom. The van der Waals surface area contributed by atoms with Crippen LogP contribution in [0.25, 0.3) is 10.2 Å². The van der Waals surface area contributed by atoms with Crippen LogP contribution in [0, 0.1) is 0 Å². The average molecular weight is 272 g/mol. The van der Waals surface area contributed by atoms with E-state index in [1.165, 1.54) is 10.3 Å². The van der Waals surface area contributed by atoms with Gasteiger partial charge in [-0.2, -0.15) is 0 Å². The first-order valence-electron chi connectivity index (χ1n) is 6.35. The molecule has 0 bridgehead atoms. The van der Waals surface area contributed by atoms with Gasteiger partial charge in [0.05, 0.1) is 16.5 Å². The average Bonchev–Trinajstić information content (AvgIpc) is 3.08. The van der Waals surface area contributed by atoms with Gasteiger partial charge in [0.25, 0.3) is 0 Å². The highest BCUT2D eigenvalue weighted by Crippen LogP contribution is 2.22. The fraction of sp³-hybridized carbons (Fsp3) is 0.286. The minimum atomic E-state index is 0.308. The van der Waals surface area contributed by atoms with Crippen molar-refractivity contribution >= 4 is 21.6 Å². The lowest BCUT2D eigenvalue weighted by Crippen LogP contribution is -2.23. The van der Waals surface area contributed by atoms with Gasteiger partial charge in [0, 0.05) is 37.7 Å². The van der Waals surface area contributed by atoms with E-state index in [1.54, 1.807) is 17.5 Å². The van der Waals surface area contributed by atoms with Gasteiger partial charge in [-0.1, -0.05) is 0 Å². The molecule has 0 aliphatic rings. The Bertz CT molecular complexity index is 644. The van der Waals surface area contributed by atoms with Crippen LogP contribution in [-0.2, 0) is 6.54 Å². The normalized spacial score (nSPS) is 12.9. The molecule has 1 unspecified atom stereocenters. The number of fused-ring (bicyclic) bond motifs is 1.